The molecule has 0 fully saturated rings. The van der Waals surface area contributed by atoms with Crippen LogP contribution in [0.3, 0.4) is 0 Å². The maximum Gasteiger partial charge on any atom is 0.0714 e. The Bertz CT molecular complexity index is 1820. The summed E-state index contributed by atoms with van der Waals surface area (Å²) in [5.74, 6) is 0. The van der Waals surface area contributed by atoms with Gasteiger partial charge < -0.3 is 0 Å². The third kappa shape index (κ3) is 5.87. The summed E-state index contributed by atoms with van der Waals surface area (Å²) in [7, 11) is 0. The fourth-order valence-corrected chi connectivity index (χ4v) is 7.63. The number of thiol groups is 1. The van der Waals surface area contributed by atoms with Crippen molar-refractivity contribution in [3.63, 3.8) is 0 Å². The predicted molar refractivity (Wildman–Crippen MR) is 208 cm³/mol. The minimum atomic E-state index is -0.487. The molecule has 1 aliphatic rings. The van der Waals surface area contributed by atoms with Gasteiger partial charge in [-0.2, -0.15) is 0 Å². The molecular weight excluding hydrogens is 585 g/mol. The standard InChI is InChI=1S/C42H36S.2C2H6/c1-26-12-16-33(17-13-26)42(34-18-20-35(43)21-19-34)38-24-31(40-27(2)8-6-9-28(40)3)14-22-36(38)37-23-15-32(25-39(37)42)41-29(4)10-7-11-30(41)5;2*1-2/h6-25,43H,1-5H3;2*1-2H3. The van der Waals surface area contributed by atoms with Crippen LogP contribution in [0.1, 0.15) is 77.8 Å². The molecule has 0 radical (unpaired) electrons. The zero-order chi connectivity index (χ0) is 33.9. The van der Waals surface area contributed by atoms with Gasteiger partial charge in [0.1, 0.15) is 0 Å². The molecule has 0 amide bonds. The molecule has 6 aromatic rings. The third-order valence-corrected chi connectivity index (χ3v) is 9.76. The lowest BCUT2D eigenvalue weighted by Crippen LogP contribution is -2.28. The van der Waals surface area contributed by atoms with Crippen LogP contribution >= 0.6 is 12.6 Å². The molecule has 0 saturated heterocycles. The maximum atomic E-state index is 4.69. The van der Waals surface area contributed by atoms with Crippen molar-refractivity contribution in [2.75, 3.05) is 0 Å². The molecular formula is C46H48S. The van der Waals surface area contributed by atoms with Crippen molar-refractivity contribution in [1.29, 1.82) is 0 Å². The quantitative estimate of drug-likeness (QED) is 0.183. The average Bonchev–Trinajstić information content (AvgIpc) is 3.37. The van der Waals surface area contributed by atoms with Crippen LogP contribution in [-0.2, 0) is 5.41 Å². The van der Waals surface area contributed by atoms with Crippen molar-refractivity contribution in [2.24, 2.45) is 0 Å². The summed E-state index contributed by atoms with van der Waals surface area (Å²) in [6.07, 6.45) is 0. The summed E-state index contributed by atoms with van der Waals surface area (Å²) in [6, 6.07) is 45.5. The number of aryl methyl sites for hydroxylation is 5. The molecule has 0 N–H and O–H groups in total. The van der Waals surface area contributed by atoms with E-state index < -0.39 is 5.41 Å². The number of fused-ring (bicyclic) bond motifs is 3. The number of hydrogen-bond acceptors (Lipinski definition) is 1. The van der Waals surface area contributed by atoms with Gasteiger partial charge in [0.25, 0.3) is 0 Å². The van der Waals surface area contributed by atoms with Gasteiger partial charge in [-0.3, -0.25) is 0 Å². The summed E-state index contributed by atoms with van der Waals surface area (Å²) in [5.41, 5.74) is 18.9. The van der Waals surface area contributed by atoms with E-state index in [1.54, 1.807) is 0 Å². The van der Waals surface area contributed by atoms with Crippen molar-refractivity contribution in [2.45, 2.75) is 72.6 Å². The van der Waals surface area contributed by atoms with E-state index in [2.05, 4.69) is 169 Å². The topological polar surface area (TPSA) is 0 Å². The van der Waals surface area contributed by atoms with Gasteiger partial charge in [0.05, 0.1) is 5.41 Å². The Kier molecular flexibility index (Phi) is 10.3. The molecule has 0 heterocycles. The van der Waals surface area contributed by atoms with Gasteiger partial charge in [-0.1, -0.05) is 130 Å². The summed E-state index contributed by atoms with van der Waals surface area (Å²) < 4.78 is 0. The average molecular weight is 633 g/mol. The molecule has 0 aliphatic heterocycles. The summed E-state index contributed by atoms with van der Waals surface area (Å²) >= 11 is 4.69. The van der Waals surface area contributed by atoms with Gasteiger partial charge in [-0.15, -0.1) is 12.6 Å². The van der Waals surface area contributed by atoms with Crippen LogP contribution in [0, 0.1) is 34.6 Å². The second kappa shape index (κ2) is 14.2. The molecule has 1 aliphatic carbocycles. The van der Waals surface area contributed by atoms with Crippen LogP contribution in [0.5, 0.6) is 0 Å². The molecule has 0 atom stereocenters. The second-order valence-corrected chi connectivity index (χ2v) is 12.7. The monoisotopic (exact) mass is 632 g/mol. The van der Waals surface area contributed by atoms with Crippen molar-refractivity contribution >= 4 is 12.6 Å². The molecule has 0 spiro atoms. The molecule has 238 valence electrons. The number of rotatable bonds is 4. The molecule has 0 unspecified atom stereocenters. The predicted octanol–water partition coefficient (Wildman–Crippen LogP) is 13.3. The minimum Gasteiger partial charge on any atom is -0.143 e. The largest absolute Gasteiger partial charge is 0.143 e. The molecule has 0 aromatic heterocycles. The number of benzene rings is 6. The van der Waals surface area contributed by atoms with Crippen LogP contribution in [-0.4, -0.2) is 0 Å². The van der Waals surface area contributed by atoms with E-state index >= 15 is 0 Å². The Morgan fingerprint density at radius 1 is 0.426 bits per heavy atom. The molecule has 7 rings (SSSR count). The lowest BCUT2D eigenvalue weighted by molar-refractivity contribution is 0.767. The Morgan fingerprint density at radius 3 is 1.17 bits per heavy atom. The van der Waals surface area contributed by atoms with E-state index in [1.165, 1.54) is 83.5 Å². The van der Waals surface area contributed by atoms with E-state index in [0.29, 0.717) is 0 Å². The Labute approximate surface area is 289 Å². The normalized spacial score (nSPS) is 12.2. The van der Waals surface area contributed by atoms with E-state index in [9.17, 15) is 0 Å². The second-order valence-electron chi connectivity index (χ2n) is 12.2. The highest BCUT2D eigenvalue weighted by atomic mass is 32.1. The first-order valence-corrected chi connectivity index (χ1v) is 17.5. The molecule has 0 nitrogen and oxygen atoms in total. The smallest absolute Gasteiger partial charge is 0.0714 e. The number of hydrogen-bond donors (Lipinski definition) is 1. The maximum absolute atomic E-state index is 4.69. The van der Waals surface area contributed by atoms with Gasteiger partial charge >= 0.3 is 0 Å². The lowest BCUT2D eigenvalue weighted by Gasteiger charge is -2.34. The fraction of sp³-hybridized carbons (Fsp3) is 0.217. The lowest BCUT2D eigenvalue weighted by atomic mass is 9.67. The van der Waals surface area contributed by atoms with Crippen LogP contribution < -0.4 is 0 Å². The summed E-state index contributed by atoms with van der Waals surface area (Å²) in [4.78, 5) is 0.967. The Morgan fingerprint density at radius 2 is 0.787 bits per heavy atom. The van der Waals surface area contributed by atoms with E-state index in [-0.39, 0.29) is 0 Å². The van der Waals surface area contributed by atoms with Crippen LogP contribution in [0.2, 0.25) is 0 Å². The van der Waals surface area contributed by atoms with Gasteiger partial charge in [-0.05, 0) is 137 Å². The molecule has 47 heavy (non-hydrogen) atoms. The van der Waals surface area contributed by atoms with Crippen molar-refractivity contribution in [3.8, 4) is 33.4 Å². The SMILES string of the molecule is CC.CC.Cc1ccc(C2(c3ccc(S)cc3)c3cc(-c4c(C)cccc4C)ccc3-c3ccc(-c4c(C)cccc4C)cc32)cc1. The van der Waals surface area contributed by atoms with Crippen LogP contribution in [0.25, 0.3) is 33.4 Å². The highest BCUT2D eigenvalue weighted by molar-refractivity contribution is 7.80. The van der Waals surface area contributed by atoms with Gasteiger partial charge in [-0.25, -0.2) is 0 Å². The van der Waals surface area contributed by atoms with Gasteiger partial charge in [0, 0.05) is 4.90 Å². The zero-order valence-electron chi connectivity index (χ0n) is 29.5. The molecule has 0 bridgehead atoms. The third-order valence-electron chi connectivity index (χ3n) is 9.46. The zero-order valence-corrected chi connectivity index (χ0v) is 30.4. The molecule has 6 aromatic carbocycles. The Balaban J connectivity index is 0.00000105. The van der Waals surface area contributed by atoms with Crippen molar-refractivity contribution in [3.05, 3.63) is 171 Å². The van der Waals surface area contributed by atoms with Crippen molar-refractivity contribution in [1.82, 2.24) is 0 Å². The van der Waals surface area contributed by atoms with Crippen molar-refractivity contribution < 1.29 is 0 Å². The Hall–Kier alpha value is -4.33. The highest BCUT2D eigenvalue weighted by Crippen LogP contribution is 2.57. The van der Waals surface area contributed by atoms with E-state index in [4.69, 9.17) is 0 Å². The van der Waals surface area contributed by atoms with Gasteiger partial charge in [0.2, 0.25) is 0 Å². The van der Waals surface area contributed by atoms with Crippen LogP contribution in [0.4, 0.5) is 0 Å². The van der Waals surface area contributed by atoms with Crippen LogP contribution in [0.15, 0.2) is 126 Å². The first-order valence-electron chi connectivity index (χ1n) is 17.1. The first kappa shape index (κ1) is 34.0. The fourth-order valence-electron chi connectivity index (χ4n) is 7.48. The molecule has 0 saturated carbocycles. The summed E-state index contributed by atoms with van der Waals surface area (Å²) in [6.45, 7) is 19.1. The first-order chi connectivity index (χ1) is 22.8. The highest BCUT2D eigenvalue weighted by Gasteiger charge is 2.46. The van der Waals surface area contributed by atoms with E-state index in [1.807, 2.05) is 27.7 Å². The summed E-state index contributed by atoms with van der Waals surface area (Å²) in [5, 5.41) is 0. The van der Waals surface area contributed by atoms with Gasteiger partial charge in [0.15, 0.2) is 0 Å². The molecule has 1 heteroatoms. The van der Waals surface area contributed by atoms with E-state index in [0.717, 1.165) is 4.90 Å². The minimum absolute atomic E-state index is 0.487.